The fourth-order valence-corrected chi connectivity index (χ4v) is 2.23. The lowest BCUT2D eigenvalue weighted by atomic mass is 10.2. The van der Waals surface area contributed by atoms with Gasteiger partial charge in [0.2, 0.25) is 5.95 Å². The van der Waals surface area contributed by atoms with Crippen LogP contribution in [0.2, 0.25) is 5.02 Å². The van der Waals surface area contributed by atoms with Gasteiger partial charge in [0.15, 0.2) is 0 Å². The van der Waals surface area contributed by atoms with E-state index in [1.165, 1.54) is 0 Å². The van der Waals surface area contributed by atoms with Crippen molar-refractivity contribution in [2.75, 3.05) is 18.0 Å². The van der Waals surface area contributed by atoms with E-state index in [0.29, 0.717) is 23.1 Å². The van der Waals surface area contributed by atoms with E-state index in [1.54, 1.807) is 18.5 Å². The zero-order valence-corrected chi connectivity index (χ0v) is 13.5. The number of nitrogens with one attached hydrogen (secondary N) is 1. The smallest absolute Gasteiger partial charge is 0.254 e. The molecule has 5 nitrogen and oxygen atoms in total. The second kappa shape index (κ2) is 7.75. The minimum absolute atomic E-state index is 0.217. The van der Waals surface area contributed by atoms with E-state index in [2.05, 4.69) is 15.3 Å². The molecule has 0 aliphatic carbocycles. The van der Waals surface area contributed by atoms with Crippen molar-refractivity contribution < 1.29 is 4.79 Å². The Bertz CT molecular complexity index is 626. The first-order chi connectivity index (χ1) is 10.7. The molecular formula is C16H19ClN4O. The van der Waals surface area contributed by atoms with Crippen molar-refractivity contribution in [2.45, 2.75) is 20.4 Å². The Morgan fingerprint density at radius 3 is 2.41 bits per heavy atom. The van der Waals surface area contributed by atoms with Gasteiger partial charge in [-0.3, -0.25) is 4.79 Å². The first-order valence-corrected chi connectivity index (χ1v) is 7.62. The van der Waals surface area contributed by atoms with Crippen molar-refractivity contribution >= 4 is 23.5 Å². The summed E-state index contributed by atoms with van der Waals surface area (Å²) in [5.74, 6) is 0.415. The summed E-state index contributed by atoms with van der Waals surface area (Å²) in [5, 5.41) is 3.45. The van der Waals surface area contributed by atoms with Gasteiger partial charge in [0, 0.05) is 37.1 Å². The minimum atomic E-state index is -0.217. The first kappa shape index (κ1) is 16.2. The van der Waals surface area contributed by atoms with Gasteiger partial charge in [-0.25, -0.2) is 9.97 Å². The average molecular weight is 319 g/mol. The van der Waals surface area contributed by atoms with Crippen molar-refractivity contribution in [2.24, 2.45) is 0 Å². The molecule has 0 unspecified atom stereocenters. The molecule has 0 spiro atoms. The molecule has 0 fully saturated rings. The molecular weight excluding hydrogens is 300 g/mol. The van der Waals surface area contributed by atoms with Gasteiger partial charge in [0.05, 0.1) is 5.56 Å². The van der Waals surface area contributed by atoms with Crippen LogP contribution in [-0.2, 0) is 6.54 Å². The van der Waals surface area contributed by atoms with Gasteiger partial charge in [0.1, 0.15) is 0 Å². The molecule has 1 aromatic carbocycles. The normalized spacial score (nSPS) is 10.3. The van der Waals surface area contributed by atoms with E-state index in [9.17, 15) is 4.79 Å². The number of amides is 1. The fourth-order valence-electron chi connectivity index (χ4n) is 2.03. The van der Waals surface area contributed by atoms with Gasteiger partial charge in [-0.15, -0.1) is 0 Å². The van der Waals surface area contributed by atoms with Crippen molar-refractivity contribution in [3.05, 3.63) is 52.8 Å². The molecule has 2 aromatic rings. The molecule has 0 saturated carbocycles. The monoisotopic (exact) mass is 318 g/mol. The molecule has 1 amide bonds. The maximum absolute atomic E-state index is 12.1. The highest BCUT2D eigenvalue weighted by Crippen LogP contribution is 2.14. The van der Waals surface area contributed by atoms with Gasteiger partial charge in [0.25, 0.3) is 5.91 Å². The van der Waals surface area contributed by atoms with Crippen LogP contribution in [0, 0.1) is 0 Å². The van der Waals surface area contributed by atoms with E-state index in [-0.39, 0.29) is 5.91 Å². The summed E-state index contributed by atoms with van der Waals surface area (Å²) in [6.45, 7) is 6.10. The van der Waals surface area contributed by atoms with Crippen molar-refractivity contribution in [1.82, 2.24) is 15.3 Å². The zero-order valence-electron chi connectivity index (χ0n) is 12.7. The maximum Gasteiger partial charge on any atom is 0.254 e. The summed E-state index contributed by atoms with van der Waals surface area (Å²) >= 11 is 6.06. The van der Waals surface area contributed by atoms with Crippen LogP contribution in [0.15, 0.2) is 36.7 Å². The van der Waals surface area contributed by atoms with Gasteiger partial charge < -0.3 is 10.2 Å². The Morgan fingerprint density at radius 2 is 1.82 bits per heavy atom. The Kier molecular flexibility index (Phi) is 5.72. The van der Waals surface area contributed by atoms with Crippen molar-refractivity contribution in [3.63, 3.8) is 0 Å². The van der Waals surface area contributed by atoms with Gasteiger partial charge in [-0.2, -0.15) is 0 Å². The number of nitrogens with zero attached hydrogens (tertiary/aromatic N) is 3. The standard InChI is InChI=1S/C16H19ClN4O/c1-3-21(4-2)16-19-10-13(11-20-16)15(22)18-9-12-7-5-6-8-14(12)17/h5-8,10-11H,3-4,9H2,1-2H3,(H,18,22). The molecule has 1 aromatic heterocycles. The lowest BCUT2D eigenvalue weighted by Gasteiger charge is -2.18. The summed E-state index contributed by atoms with van der Waals surface area (Å²) in [7, 11) is 0. The van der Waals surface area contributed by atoms with E-state index in [0.717, 1.165) is 18.7 Å². The van der Waals surface area contributed by atoms with Crippen molar-refractivity contribution in [3.8, 4) is 0 Å². The van der Waals surface area contributed by atoms with Crippen LogP contribution >= 0.6 is 11.6 Å². The van der Waals surface area contributed by atoms with Crippen LogP contribution in [0.3, 0.4) is 0 Å². The molecule has 1 N–H and O–H groups in total. The Morgan fingerprint density at radius 1 is 1.18 bits per heavy atom. The van der Waals surface area contributed by atoms with Gasteiger partial charge in [-0.05, 0) is 25.5 Å². The number of hydrogen-bond donors (Lipinski definition) is 1. The number of carbonyl (C=O) groups is 1. The number of hydrogen-bond acceptors (Lipinski definition) is 4. The SMILES string of the molecule is CCN(CC)c1ncc(C(=O)NCc2ccccc2Cl)cn1. The third-order valence-electron chi connectivity index (χ3n) is 3.34. The zero-order chi connectivity index (χ0) is 15.9. The number of carbonyl (C=O) groups excluding carboxylic acids is 1. The molecule has 116 valence electrons. The third-order valence-corrected chi connectivity index (χ3v) is 3.71. The predicted molar refractivity (Wildman–Crippen MR) is 88.2 cm³/mol. The summed E-state index contributed by atoms with van der Waals surface area (Å²) in [6.07, 6.45) is 3.09. The largest absolute Gasteiger partial charge is 0.348 e. The Balaban J connectivity index is 2.00. The van der Waals surface area contributed by atoms with Crippen LogP contribution in [0.25, 0.3) is 0 Å². The fraction of sp³-hybridized carbons (Fsp3) is 0.312. The molecule has 1 heterocycles. The summed E-state index contributed by atoms with van der Waals surface area (Å²) in [4.78, 5) is 22.6. The number of halogens is 1. The number of benzene rings is 1. The van der Waals surface area contributed by atoms with Crippen LogP contribution in [0.1, 0.15) is 29.8 Å². The summed E-state index contributed by atoms with van der Waals surface area (Å²) in [5.41, 5.74) is 1.31. The van der Waals surface area contributed by atoms with Crippen LogP contribution in [-0.4, -0.2) is 29.0 Å². The van der Waals surface area contributed by atoms with E-state index >= 15 is 0 Å². The Hall–Kier alpha value is -2.14. The highest BCUT2D eigenvalue weighted by Gasteiger charge is 2.10. The molecule has 0 aliphatic heterocycles. The van der Waals surface area contributed by atoms with E-state index < -0.39 is 0 Å². The topological polar surface area (TPSA) is 58.1 Å². The number of rotatable bonds is 6. The summed E-state index contributed by atoms with van der Waals surface area (Å²) < 4.78 is 0. The number of anilines is 1. The van der Waals surface area contributed by atoms with E-state index in [4.69, 9.17) is 11.6 Å². The second-order valence-corrected chi connectivity index (χ2v) is 5.13. The molecule has 0 aliphatic rings. The van der Waals surface area contributed by atoms with E-state index in [1.807, 2.05) is 36.9 Å². The lowest BCUT2D eigenvalue weighted by molar-refractivity contribution is 0.0950. The maximum atomic E-state index is 12.1. The quantitative estimate of drug-likeness (QED) is 0.889. The molecule has 0 bridgehead atoms. The second-order valence-electron chi connectivity index (χ2n) is 4.72. The van der Waals surface area contributed by atoms with Crippen molar-refractivity contribution in [1.29, 1.82) is 0 Å². The van der Waals surface area contributed by atoms with Gasteiger partial charge >= 0.3 is 0 Å². The van der Waals surface area contributed by atoms with Crippen LogP contribution in [0.4, 0.5) is 5.95 Å². The first-order valence-electron chi connectivity index (χ1n) is 7.24. The lowest BCUT2D eigenvalue weighted by Crippen LogP contribution is -2.26. The third kappa shape index (κ3) is 3.95. The van der Waals surface area contributed by atoms with Gasteiger partial charge in [-0.1, -0.05) is 29.8 Å². The van der Waals surface area contributed by atoms with Crippen LogP contribution < -0.4 is 10.2 Å². The molecule has 2 rings (SSSR count). The molecule has 0 radical (unpaired) electrons. The number of aromatic nitrogens is 2. The highest BCUT2D eigenvalue weighted by atomic mass is 35.5. The average Bonchev–Trinajstić information content (AvgIpc) is 2.55. The summed E-state index contributed by atoms with van der Waals surface area (Å²) in [6, 6.07) is 7.41. The predicted octanol–water partition coefficient (Wildman–Crippen LogP) is 2.91. The Labute approximate surface area is 135 Å². The molecule has 6 heteroatoms. The minimum Gasteiger partial charge on any atom is -0.348 e. The highest BCUT2D eigenvalue weighted by molar-refractivity contribution is 6.31. The molecule has 0 saturated heterocycles. The molecule has 0 atom stereocenters. The molecule has 22 heavy (non-hydrogen) atoms. The van der Waals surface area contributed by atoms with Crippen LogP contribution in [0.5, 0.6) is 0 Å².